The molecule has 0 unspecified atom stereocenters. The van der Waals surface area contributed by atoms with Gasteiger partial charge in [0.2, 0.25) is 0 Å². The molecule has 0 saturated carbocycles. The molecule has 0 spiro atoms. The molecule has 10 nitrogen and oxygen atoms in total. The number of rotatable bonds is 7. The van der Waals surface area contributed by atoms with Gasteiger partial charge in [0.1, 0.15) is 5.75 Å². The molecule has 1 aromatic carbocycles. The number of aromatic hydroxyl groups is 1. The lowest BCUT2D eigenvalue weighted by Crippen LogP contribution is -2.58. The maximum Gasteiger partial charge on any atom is 0.317 e. The van der Waals surface area contributed by atoms with Crippen LogP contribution in [0.5, 0.6) is 5.75 Å². The molecule has 1 aromatic rings. The maximum atomic E-state index is 12.8. The Morgan fingerprint density at radius 2 is 1.97 bits per heavy atom. The molecular weight excluding hydrogens is 412 g/mol. The van der Waals surface area contributed by atoms with Crippen molar-refractivity contribution in [1.29, 1.82) is 0 Å². The van der Waals surface area contributed by atoms with E-state index in [9.17, 15) is 14.7 Å². The lowest BCUT2D eigenvalue weighted by Gasteiger charge is -2.41. The number of hydrogen-bond acceptors (Lipinski definition) is 8. The van der Waals surface area contributed by atoms with E-state index in [1.165, 1.54) is 5.01 Å². The van der Waals surface area contributed by atoms with Crippen molar-refractivity contribution in [3.63, 3.8) is 0 Å². The van der Waals surface area contributed by atoms with Crippen LogP contribution in [0.2, 0.25) is 0 Å². The Hall–Kier alpha value is -2.98. The zero-order chi connectivity index (χ0) is 22.8. The van der Waals surface area contributed by atoms with Gasteiger partial charge in [-0.05, 0) is 56.9 Å². The number of likely N-dealkylation sites (N-methyl/N-ethyl adjacent to an activating group) is 1. The quantitative estimate of drug-likeness (QED) is 0.430. The number of carboxylic acids is 1. The Labute approximate surface area is 187 Å². The average Bonchev–Trinajstić information content (AvgIpc) is 3.00. The first kappa shape index (κ1) is 22.2. The van der Waals surface area contributed by atoms with E-state index in [2.05, 4.69) is 27.5 Å². The van der Waals surface area contributed by atoms with E-state index in [0.29, 0.717) is 24.5 Å². The van der Waals surface area contributed by atoms with Crippen molar-refractivity contribution in [3.05, 3.63) is 23.8 Å². The minimum Gasteiger partial charge on any atom is -0.505 e. The van der Waals surface area contributed by atoms with Crippen molar-refractivity contribution in [2.45, 2.75) is 38.6 Å². The highest BCUT2D eigenvalue weighted by atomic mass is 16.4. The predicted molar refractivity (Wildman–Crippen MR) is 121 cm³/mol. The third-order valence-electron chi connectivity index (χ3n) is 6.48. The Balaban J connectivity index is 1.41. The number of carbonyl (C=O) groups excluding carboxylic acids is 1. The van der Waals surface area contributed by atoms with E-state index in [4.69, 9.17) is 5.11 Å². The Morgan fingerprint density at radius 3 is 2.62 bits per heavy atom. The largest absolute Gasteiger partial charge is 0.505 e. The van der Waals surface area contributed by atoms with Crippen molar-refractivity contribution in [2.75, 3.05) is 44.7 Å². The number of phenols is 1. The van der Waals surface area contributed by atoms with E-state index in [0.717, 1.165) is 38.0 Å². The van der Waals surface area contributed by atoms with Crippen LogP contribution in [0.25, 0.3) is 0 Å². The number of nitrogens with one attached hydrogen (secondary N) is 1. The normalized spacial score (nSPS) is 22.3. The average molecular weight is 443 g/mol. The molecule has 3 aliphatic heterocycles. The van der Waals surface area contributed by atoms with E-state index in [1.54, 1.807) is 13.0 Å². The standard InChI is InChI=1S/C22H30N6O4/c1-3-26-11-16(12-26)28-22(32)20(14(2)25-28)24-23-18-6-4-5-17(21(18)31)15-7-9-27(10-8-15)13-19(29)30/h4-6,15-16,23,31H,3,7-13H2,1-2H3,(H,29,30)/b24-20-. The molecule has 0 aliphatic carbocycles. The summed E-state index contributed by atoms with van der Waals surface area (Å²) >= 11 is 0. The number of aliphatic carboxylic acids is 1. The van der Waals surface area contributed by atoms with Crippen molar-refractivity contribution in [1.82, 2.24) is 14.8 Å². The number of amides is 1. The van der Waals surface area contributed by atoms with Gasteiger partial charge in [0.15, 0.2) is 5.71 Å². The molecule has 3 aliphatic rings. The second kappa shape index (κ2) is 9.25. The van der Waals surface area contributed by atoms with E-state index < -0.39 is 5.97 Å². The van der Waals surface area contributed by atoms with Crippen molar-refractivity contribution >= 4 is 29.0 Å². The molecule has 172 valence electrons. The first-order chi connectivity index (χ1) is 15.4. The summed E-state index contributed by atoms with van der Waals surface area (Å²) in [6, 6.07) is 5.53. The fraction of sp³-hybridized carbons (Fsp3) is 0.545. The molecule has 2 fully saturated rings. The molecule has 3 N–H and O–H groups in total. The minimum absolute atomic E-state index is 0.0427. The second-order valence-electron chi connectivity index (χ2n) is 8.60. The lowest BCUT2D eigenvalue weighted by molar-refractivity contribution is -0.138. The summed E-state index contributed by atoms with van der Waals surface area (Å²) in [6.45, 7) is 7.82. The summed E-state index contributed by atoms with van der Waals surface area (Å²) < 4.78 is 0. The van der Waals surface area contributed by atoms with Crippen LogP contribution in [0.1, 0.15) is 38.2 Å². The van der Waals surface area contributed by atoms with Gasteiger partial charge in [0.05, 0.1) is 24.0 Å². The molecule has 32 heavy (non-hydrogen) atoms. The minimum atomic E-state index is -0.824. The van der Waals surface area contributed by atoms with Gasteiger partial charge < -0.3 is 10.2 Å². The molecule has 4 rings (SSSR count). The molecule has 3 heterocycles. The van der Waals surface area contributed by atoms with Crippen molar-refractivity contribution < 1.29 is 19.8 Å². The van der Waals surface area contributed by atoms with Gasteiger partial charge in [0, 0.05) is 13.1 Å². The number of carboxylic acid groups (broad SMARTS) is 1. The van der Waals surface area contributed by atoms with E-state index >= 15 is 0 Å². The molecule has 0 bridgehead atoms. The number of benzene rings is 1. The first-order valence-electron chi connectivity index (χ1n) is 11.1. The fourth-order valence-corrected chi connectivity index (χ4v) is 4.54. The lowest BCUT2D eigenvalue weighted by atomic mass is 9.88. The molecule has 0 radical (unpaired) electrons. The highest BCUT2D eigenvalue weighted by Gasteiger charge is 2.40. The Kier molecular flexibility index (Phi) is 6.43. The summed E-state index contributed by atoms with van der Waals surface area (Å²) in [5.74, 6) is -0.794. The fourth-order valence-electron chi connectivity index (χ4n) is 4.54. The molecule has 2 saturated heterocycles. The highest BCUT2D eigenvalue weighted by molar-refractivity contribution is 6.68. The van der Waals surface area contributed by atoms with Gasteiger partial charge in [0.25, 0.3) is 5.91 Å². The van der Waals surface area contributed by atoms with Crippen molar-refractivity contribution in [3.8, 4) is 5.75 Å². The van der Waals surface area contributed by atoms with Crippen LogP contribution in [0, 0.1) is 0 Å². The number of anilines is 1. The van der Waals surface area contributed by atoms with Crippen LogP contribution >= 0.6 is 0 Å². The van der Waals surface area contributed by atoms with Gasteiger partial charge >= 0.3 is 5.97 Å². The third-order valence-corrected chi connectivity index (χ3v) is 6.48. The number of hydrazone groups is 2. The van der Waals surface area contributed by atoms with Crippen LogP contribution < -0.4 is 5.43 Å². The molecule has 1 amide bonds. The van der Waals surface area contributed by atoms with Gasteiger partial charge in [-0.25, -0.2) is 5.01 Å². The van der Waals surface area contributed by atoms with Gasteiger partial charge in [-0.3, -0.25) is 24.8 Å². The topological polar surface area (TPSA) is 121 Å². The number of carbonyl (C=O) groups is 2. The number of likely N-dealkylation sites (tertiary alicyclic amines) is 2. The van der Waals surface area contributed by atoms with E-state index in [1.807, 2.05) is 17.0 Å². The molecule has 0 aromatic heterocycles. The monoisotopic (exact) mass is 442 g/mol. The van der Waals surface area contributed by atoms with Gasteiger partial charge in [-0.2, -0.15) is 10.2 Å². The van der Waals surface area contributed by atoms with Crippen LogP contribution in [0.3, 0.4) is 0 Å². The summed E-state index contributed by atoms with van der Waals surface area (Å²) in [5.41, 5.74) is 4.91. The Morgan fingerprint density at radius 1 is 1.25 bits per heavy atom. The number of nitrogens with zero attached hydrogens (tertiary/aromatic N) is 5. The van der Waals surface area contributed by atoms with Gasteiger partial charge in [-0.15, -0.1) is 0 Å². The summed E-state index contributed by atoms with van der Waals surface area (Å²) in [7, 11) is 0. The number of phenolic OH excluding ortho intramolecular Hbond substituents is 1. The predicted octanol–water partition coefficient (Wildman–Crippen LogP) is 1.35. The summed E-state index contributed by atoms with van der Waals surface area (Å²) in [5, 5.41) is 30.0. The third kappa shape index (κ3) is 4.46. The van der Waals surface area contributed by atoms with Crippen LogP contribution in [-0.4, -0.2) is 93.6 Å². The molecular formula is C22H30N6O4. The summed E-state index contributed by atoms with van der Waals surface area (Å²) in [6.07, 6.45) is 1.54. The van der Waals surface area contributed by atoms with Crippen LogP contribution in [0.4, 0.5) is 5.69 Å². The van der Waals surface area contributed by atoms with E-state index in [-0.39, 0.29) is 35.9 Å². The summed E-state index contributed by atoms with van der Waals surface area (Å²) in [4.78, 5) is 27.8. The second-order valence-corrected chi connectivity index (χ2v) is 8.60. The molecule has 0 atom stereocenters. The van der Waals surface area contributed by atoms with Crippen molar-refractivity contribution in [2.24, 2.45) is 10.2 Å². The highest BCUT2D eigenvalue weighted by Crippen LogP contribution is 2.38. The maximum absolute atomic E-state index is 12.8. The number of hydrogen-bond donors (Lipinski definition) is 3. The first-order valence-corrected chi connectivity index (χ1v) is 11.1. The van der Waals surface area contributed by atoms with Gasteiger partial charge in [-0.1, -0.05) is 19.1 Å². The van der Waals surface area contributed by atoms with Crippen LogP contribution in [0.15, 0.2) is 28.4 Å². The zero-order valence-corrected chi connectivity index (χ0v) is 18.5. The number of piperidine rings is 1. The number of para-hydroxylation sites is 1. The zero-order valence-electron chi connectivity index (χ0n) is 18.5. The molecule has 10 heteroatoms. The smallest absolute Gasteiger partial charge is 0.317 e. The Bertz CT molecular complexity index is 948. The van der Waals surface area contributed by atoms with Crippen LogP contribution in [-0.2, 0) is 9.59 Å². The SMILES string of the molecule is CCN1CC(N2N=C(C)/C(=N/Nc3cccc(C4CCN(CC(=O)O)CC4)c3O)C2=O)C1.